The molecule has 0 aliphatic heterocycles. The van der Waals surface area contributed by atoms with Gasteiger partial charge in [0.25, 0.3) is 11.6 Å². The Morgan fingerprint density at radius 2 is 2.00 bits per heavy atom. The molecule has 0 aliphatic carbocycles. The molecule has 1 amide bonds. The fourth-order valence-electron chi connectivity index (χ4n) is 1.51. The van der Waals surface area contributed by atoms with Crippen molar-refractivity contribution in [1.82, 2.24) is 4.90 Å². The Morgan fingerprint density at radius 1 is 1.42 bits per heavy atom. The van der Waals surface area contributed by atoms with Crippen molar-refractivity contribution in [2.45, 2.75) is 19.9 Å². The van der Waals surface area contributed by atoms with Crippen molar-refractivity contribution in [1.29, 1.82) is 0 Å². The molecule has 102 valence electrons. The second kappa shape index (κ2) is 5.47. The Balaban J connectivity index is 3.22. The molecular weight excluding hydrogens is 252 g/mol. The number of nitro groups is 1. The van der Waals surface area contributed by atoms with Crippen molar-refractivity contribution in [3.63, 3.8) is 0 Å². The lowest BCUT2D eigenvalue weighted by atomic mass is 10.1. The second-order valence-electron chi connectivity index (χ2n) is 4.21. The molecule has 1 rings (SSSR count). The molecule has 0 bridgehead atoms. The Morgan fingerprint density at radius 3 is 2.47 bits per heavy atom. The third-order valence-electron chi connectivity index (χ3n) is 2.84. The summed E-state index contributed by atoms with van der Waals surface area (Å²) in [5.41, 5.74) is 0.242. The van der Waals surface area contributed by atoms with Crippen molar-refractivity contribution < 1.29 is 19.6 Å². The number of aliphatic carboxylic acids is 1. The third-order valence-corrected chi connectivity index (χ3v) is 2.84. The highest BCUT2D eigenvalue weighted by Gasteiger charge is 2.28. The molecule has 0 heterocycles. The zero-order chi connectivity index (χ0) is 14.7. The number of benzene rings is 1. The van der Waals surface area contributed by atoms with Gasteiger partial charge in [0.2, 0.25) is 0 Å². The number of hydrogen-bond donors (Lipinski definition) is 1. The SMILES string of the molecule is Cc1ccc([N+](=O)[O-])c(C(=O)N(C)C(C)C(=O)O)c1. The number of rotatable bonds is 4. The number of amides is 1. The van der Waals surface area contributed by atoms with Gasteiger partial charge in [0.1, 0.15) is 11.6 Å². The van der Waals surface area contributed by atoms with Gasteiger partial charge in [-0.25, -0.2) is 4.79 Å². The van der Waals surface area contributed by atoms with Crippen LogP contribution in [0.3, 0.4) is 0 Å². The molecule has 0 aliphatic rings. The summed E-state index contributed by atoms with van der Waals surface area (Å²) in [5, 5.41) is 19.7. The van der Waals surface area contributed by atoms with E-state index in [1.54, 1.807) is 6.92 Å². The molecule has 1 aromatic carbocycles. The normalized spacial score (nSPS) is 11.7. The van der Waals surface area contributed by atoms with E-state index in [9.17, 15) is 19.7 Å². The predicted molar refractivity (Wildman–Crippen MR) is 67.0 cm³/mol. The van der Waals surface area contributed by atoms with Crippen LogP contribution in [0.2, 0.25) is 0 Å². The Bertz CT molecular complexity index is 541. The van der Waals surface area contributed by atoms with Crippen molar-refractivity contribution in [2.24, 2.45) is 0 Å². The quantitative estimate of drug-likeness (QED) is 0.656. The van der Waals surface area contributed by atoms with Crippen LogP contribution in [-0.4, -0.2) is 39.9 Å². The van der Waals surface area contributed by atoms with Gasteiger partial charge in [0.15, 0.2) is 0 Å². The average molecular weight is 266 g/mol. The number of aryl methyl sites for hydroxylation is 1. The Kier molecular flexibility index (Phi) is 4.21. The molecule has 1 aromatic rings. The molecule has 0 aromatic heterocycles. The van der Waals surface area contributed by atoms with E-state index in [4.69, 9.17) is 5.11 Å². The maximum atomic E-state index is 12.1. The van der Waals surface area contributed by atoms with Gasteiger partial charge in [0.05, 0.1) is 4.92 Å². The Hall–Kier alpha value is -2.44. The molecule has 19 heavy (non-hydrogen) atoms. The van der Waals surface area contributed by atoms with E-state index in [-0.39, 0.29) is 11.3 Å². The maximum absolute atomic E-state index is 12.1. The van der Waals surface area contributed by atoms with Gasteiger partial charge in [0, 0.05) is 13.1 Å². The topological polar surface area (TPSA) is 101 Å². The number of hydrogen-bond acceptors (Lipinski definition) is 4. The number of likely N-dealkylation sites (N-methyl/N-ethyl adjacent to an activating group) is 1. The minimum absolute atomic E-state index is 0.111. The average Bonchev–Trinajstić information content (AvgIpc) is 2.35. The molecule has 0 saturated heterocycles. The third kappa shape index (κ3) is 3.06. The smallest absolute Gasteiger partial charge is 0.326 e. The standard InChI is InChI=1S/C12H14N2O5/c1-7-4-5-10(14(18)19)9(6-7)11(15)13(3)8(2)12(16)17/h4-6,8H,1-3H3,(H,16,17). The maximum Gasteiger partial charge on any atom is 0.326 e. The minimum Gasteiger partial charge on any atom is -0.480 e. The number of carboxylic acids is 1. The summed E-state index contributed by atoms with van der Waals surface area (Å²) >= 11 is 0. The van der Waals surface area contributed by atoms with Crippen LogP contribution in [0.4, 0.5) is 5.69 Å². The monoisotopic (exact) mass is 266 g/mol. The van der Waals surface area contributed by atoms with E-state index >= 15 is 0 Å². The van der Waals surface area contributed by atoms with Gasteiger partial charge in [-0.1, -0.05) is 6.07 Å². The first-order chi connectivity index (χ1) is 8.75. The van der Waals surface area contributed by atoms with E-state index in [2.05, 4.69) is 0 Å². The van der Waals surface area contributed by atoms with Crippen LogP contribution in [0.25, 0.3) is 0 Å². The van der Waals surface area contributed by atoms with Gasteiger partial charge in [-0.2, -0.15) is 0 Å². The zero-order valence-electron chi connectivity index (χ0n) is 10.8. The highest BCUT2D eigenvalue weighted by Crippen LogP contribution is 2.21. The summed E-state index contributed by atoms with van der Waals surface area (Å²) in [5.74, 6) is -1.86. The summed E-state index contributed by atoms with van der Waals surface area (Å²) in [6, 6.07) is 3.08. The van der Waals surface area contributed by atoms with Gasteiger partial charge in [-0.15, -0.1) is 0 Å². The largest absolute Gasteiger partial charge is 0.480 e. The lowest BCUT2D eigenvalue weighted by Gasteiger charge is -2.21. The number of nitro benzene ring substituents is 1. The van der Waals surface area contributed by atoms with Crippen molar-refractivity contribution in [2.75, 3.05) is 7.05 Å². The van der Waals surface area contributed by atoms with Crippen molar-refractivity contribution in [3.05, 3.63) is 39.4 Å². The van der Waals surface area contributed by atoms with Crippen LogP contribution in [0, 0.1) is 17.0 Å². The number of nitrogens with zero attached hydrogens (tertiary/aromatic N) is 2. The van der Waals surface area contributed by atoms with Crippen LogP contribution in [0.1, 0.15) is 22.8 Å². The van der Waals surface area contributed by atoms with E-state index in [1.165, 1.54) is 32.2 Å². The van der Waals surface area contributed by atoms with Crippen LogP contribution in [0.15, 0.2) is 18.2 Å². The van der Waals surface area contributed by atoms with E-state index in [0.717, 1.165) is 4.90 Å². The van der Waals surface area contributed by atoms with Crippen LogP contribution in [-0.2, 0) is 4.79 Å². The first kappa shape index (κ1) is 14.6. The van der Waals surface area contributed by atoms with Gasteiger partial charge < -0.3 is 10.0 Å². The molecule has 0 saturated carbocycles. The van der Waals surface area contributed by atoms with Crippen LogP contribution in [0.5, 0.6) is 0 Å². The fraction of sp³-hybridized carbons (Fsp3) is 0.333. The van der Waals surface area contributed by atoms with Crippen molar-refractivity contribution in [3.8, 4) is 0 Å². The highest BCUT2D eigenvalue weighted by molar-refractivity contribution is 5.99. The number of carboxylic acid groups (broad SMARTS) is 1. The van der Waals surface area contributed by atoms with Gasteiger partial charge >= 0.3 is 5.97 Å². The molecule has 7 nitrogen and oxygen atoms in total. The summed E-state index contributed by atoms with van der Waals surface area (Å²) in [6.45, 7) is 3.03. The number of carbonyl (C=O) groups excluding carboxylic acids is 1. The van der Waals surface area contributed by atoms with E-state index in [0.29, 0.717) is 5.56 Å². The molecule has 7 heteroatoms. The zero-order valence-corrected chi connectivity index (χ0v) is 10.8. The summed E-state index contributed by atoms with van der Waals surface area (Å²) in [4.78, 5) is 34.1. The summed E-state index contributed by atoms with van der Waals surface area (Å²) in [7, 11) is 1.30. The second-order valence-corrected chi connectivity index (χ2v) is 4.21. The summed E-state index contributed by atoms with van der Waals surface area (Å²) in [6.07, 6.45) is 0. The molecule has 1 N–H and O–H groups in total. The van der Waals surface area contributed by atoms with Crippen LogP contribution < -0.4 is 0 Å². The lowest BCUT2D eigenvalue weighted by molar-refractivity contribution is -0.385. The fourth-order valence-corrected chi connectivity index (χ4v) is 1.51. The summed E-state index contributed by atoms with van der Waals surface area (Å²) < 4.78 is 0. The van der Waals surface area contributed by atoms with Gasteiger partial charge in [-0.05, 0) is 25.5 Å². The van der Waals surface area contributed by atoms with E-state index < -0.39 is 22.8 Å². The minimum atomic E-state index is -1.17. The van der Waals surface area contributed by atoms with E-state index in [1.807, 2.05) is 0 Å². The van der Waals surface area contributed by atoms with Crippen molar-refractivity contribution >= 4 is 17.6 Å². The first-order valence-corrected chi connectivity index (χ1v) is 5.50. The molecular formula is C12H14N2O5. The number of carbonyl (C=O) groups is 2. The van der Waals surface area contributed by atoms with Crippen LogP contribution >= 0.6 is 0 Å². The molecule has 0 spiro atoms. The first-order valence-electron chi connectivity index (χ1n) is 5.50. The Labute approximate surface area is 109 Å². The molecule has 0 fully saturated rings. The highest BCUT2D eigenvalue weighted by atomic mass is 16.6. The molecule has 0 radical (unpaired) electrons. The van der Waals surface area contributed by atoms with Gasteiger partial charge in [-0.3, -0.25) is 14.9 Å². The molecule has 1 atom stereocenters. The molecule has 1 unspecified atom stereocenters. The predicted octanol–water partition coefficient (Wildman–Crippen LogP) is 1.45. The lowest BCUT2D eigenvalue weighted by Crippen LogP contribution is -2.40.